The molecule has 3 saturated carbocycles. The molecule has 3 rings (SSSR count). The van der Waals surface area contributed by atoms with Crippen LogP contribution in [0.25, 0.3) is 0 Å². The van der Waals surface area contributed by atoms with Crippen molar-refractivity contribution in [3.05, 3.63) is 0 Å². The van der Waals surface area contributed by atoms with Crippen molar-refractivity contribution in [3.8, 4) is 0 Å². The molecule has 102 valence electrons. The van der Waals surface area contributed by atoms with Gasteiger partial charge in [0.05, 0.1) is 0 Å². The minimum absolute atomic E-state index is 0.0644. The van der Waals surface area contributed by atoms with E-state index in [-0.39, 0.29) is 5.54 Å². The second kappa shape index (κ2) is 3.74. The van der Waals surface area contributed by atoms with Gasteiger partial charge in [0.15, 0.2) is 0 Å². The first kappa shape index (κ1) is 12.5. The van der Waals surface area contributed by atoms with Gasteiger partial charge in [-0.2, -0.15) is 0 Å². The second-order valence-electron chi connectivity index (χ2n) is 8.00. The van der Waals surface area contributed by atoms with Crippen molar-refractivity contribution in [3.63, 3.8) is 0 Å². The normalized spacial score (nSPS) is 53.8. The Balaban J connectivity index is 1.98. The molecule has 0 aliphatic heterocycles. The summed E-state index contributed by atoms with van der Waals surface area (Å²) in [5.74, 6) is 3.97. The van der Waals surface area contributed by atoms with E-state index in [1.807, 2.05) is 0 Å². The highest BCUT2D eigenvalue weighted by Crippen LogP contribution is 2.68. The molecule has 0 aromatic rings. The Morgan fingerprint density at radius 2 is 1.94 bits per heavy atom. The fourth-order valence-electron chi connectivity index (χ4n) is 6.01. The molecule has 2 nitrogen and oxygen atoms in total. The van der Waals surface area contributed by atoms with Crippen LogP contribution in [0.4, 0.5) is 0 Å². The minimum atomic E-state index is 0.0644. The minimum Gasteiger partial charge on any atom is -0.353 e. The van der Waals surface area contributed by atoms with E-state index in [1.165, 1.54) is 25.7 Å². The van der Waals surface area contributed by atoms with Crippen LogP contribution in [0, 0.1) is 35.0 Å². The molecule has 0 spiro atoms. The lowest BCUT2D eigenvalue weighted by Gasteiger charge is -2.49. The summed E-state index contributed by atoms with van der Waals surface area (Å²) in [5, 5.41) is 3.22. The summed E-state index contributed by atoms with van der Waals surface area (Å²) in [6.45, 7) is 9.55. The number of nitrogens with one attached hydrogen (secondary N) is 1. The van der Waals surface area contributed by atoms with Gasteiger partial charge in [0, 0.05) is 5.54 Å². The lowest BCUT2D eigenvalue weighted by atomic mass is 9.56. The predicted octanol–water partition coefficient (Wildman–Crippen LogP) is 3.22. The molecule has 6 atom stereocenters. The van der Waals surface area contributed by atoms with Crippen molar-refractivity contribution in [2.75, 3.05) is 0 Å². The summed E-state index contributed by atoms with van der Waals surface area (Å²) in [4.78, 5) is 11.0. The van der Waals surface area contributed by atoms with Gasteiger partial charge in [-0.3, -0.25) is 4.79 Å². The van der Waals surface area contributed by atoms with Crippen LogP contribution in [0.5, 0.6) is 0 Å². The van der Waals surface area contributed by atoms with Crippen LogP contribution in [0.1, 0.15) is 53.4 Å². The lowest BCUT2D eigenvalue weighted by Crippen LogP contribution is -2.51. The molecule has 18 heavy (non-hydrogen) atoms. The number of carbonyl (C=O) groups excluding carboxylic acids is 1. The summed E-state index contributed by atoms with van der Waals surface area (Å²) in [6.07, 6.45) is 6.34. The molecular formula is C16H27NO. The van der Waals surface area contributed by atoms with Crippen LogP contribution in [0.3, 0.4) is 0 Å². The maximum atomic E-state index is 11.0. The number of fused-ring (bicyclic) bond motifs is 2. The Bertz CT molecular complexity index is 366. The molecule has 3 bridgehead atoms. The third-order valence-corrected chi connectivity index (χ3v) is 6.78. The Hall–Kier alpha value is -0.530. The van der Waals surface area contributed by atoms with Crippen molar-refractivity contribution in [2.24, 2.45) is 35.0 Å². The molecule has 3 fully saturated rings. The molecule has 0 heterocycles. The van der Waals surface area contributed by atoms with Crippen LogP contribution in [0.15, 0.2) is 0 Å². The maximum absolute atomic E-state index is 11.0. The summed E-state index contributed by atoms with van der Waals surface area (Å²) in [5.41, 5.74) is 0.554. The molecule has 1 N–H and O–H groups in total. The van der Waals surface area contributed by atoms with Crippen LogP contribution in [-0.2, 0) is 4.79 Å². The number of hydrogen-bond acceptors (Lipinski definition) is 1. The summed E-state index contributed by atoms with van der Waals surface area (Å²) < 4.78 is 0. The van der Waals surface area contributed by atoms with Crippen LogP contribution in [0.2, 0.25) is 0 Å². The van der Waals surface area contributed by atoms with Gasteiger partial charge in [-0.25, -0.2) is 0 Å². The summed E-state index contributed by atoms with van der Waals surface area (Å²) in [6, 6.07) is 0. The molecule has 0 aromatic carbocycles. The highest BCUT2D eigenvalue weighted by atomic mass is 16.1. The highest BCUT2D eigenvalue weighted by Gasteiger charge is 2.64. The molecule has 1 amide bonds. The lowest BCUT2D eigenvalue weighted by molar-refractivity contribution is -0.112. The van der Waals surface area contributed by atoms with E-state index in [2.05, 4.69) is 33.0 Å². The zero-order valence-corrected chi connectivity index (χ0v) is 12.2. The van der Waals surface area contributed by atoms with Crippen LogP contribution >= 0.6 is 0 Å². The Labute approximate surface area is 111 Å². The molecule has 0 saturated heterocycles. The van der Waals surface area contributed by atoms with E-state index in [0.717, 1.165) is 24.2 Å². The van der Waals surface area contributed by atoms with Crippen LogP contribution in [-0.4, -0.2) is 11.9 Å². The van der Waals surface area contributed by atoms with Crippen molar-refractivity contribution >= 4 is 6.41 Å². The molecule has 0 aromatic heterocycles. The van der Waals surface area contributed by atoms with Gasteiger partial charge in [-0.1, -0.05) is 20.8 Å². The smallest absolute Gasteiger partial charge is 0.207 e. The Kier molecular flexibility index (Phi) is 2.60. The third kappa shape index (κ3) is 1.44. The largest absolute Gasteiger partial charge is 0.353 e. The van der Waals surface area contributed by atoms with Gasteiger partial charge >= 0.3 is 0 Å². The zero-order chi connectivity index (χ0) is 13.1. The Morgan fingerprint density at radius 1 is 1.22 bits per heavy atom. The molecule has 3 aliphatic carbocycles. The van der Waals surface area contributed by atoms with Gasteiger partial charge in [-0.15, -0.1) is 0 Å². The number of carbonyl (C=O) groups is 1. The topological polar surface area (TPSA) is 29.1 Å². The fraction of sp³-hybridized carbons (Fsp3) is 0.938. The summed E-state index contributed by atoms with van der Waals surface area (Å²) in [7, 11) is 0. The van der Waals surface area contributed by atoms with Crippen molar-refractivity contribution < 1.29 is 4.79 Å². The third-order valence-electron chi connectivity index (χ3n) is 6.78. The number of hydrogen-bond donors (Lipinski definition) is 1. The Morgan fingerprint density at radius 3 is 2.56 bits per heavy atom. The van der Waals surface area contributed by atoms with Crippen molar-refractivity contribution in [1.29, 1.82) is 0 Å². The standard InChI is InChI=1S/C16H27NO/c1-10(2)13-6-14-15(3)7-11(13)5-12(8-15)16(14,4)17-9-18/h9-14H,5-8H2,1-4H3,(H,17,18)/t11?,12-,13+,14?,15+,16?/m1/s1. The zero-order valence-electron chi connectivity index (χ0n) is 12.2. The average molecular weight is 249 g/mol. The van der Waals surface area contributed by atoms with Crippen LogP contribution < -0.4 is 5.32 Å². The van der Waals surface area contributed by atoms with Crippen molar-refractivity contribution in [2.45, 2.75) is 58.9 Å². The number of rotatable bonds is 3. The first-order chi connectivity index (χ1) is 8.40. The van der Waals surface area contributed by atoms with E-state index in [0.29, 0.717) is 17.3 Å². The quantitative estimate of drug-likeness (QED) is 0.765. The molecule has 3 unspecified atom stereocenters. The van der Waals surface area contributed by atoms with E-state index in [1.54, 1.807) is 0 Å². The van der Waals surface area contributed by atoms with E-state index >= 15 is 0 Å². The SMILES string of the molecule is CC(C)[C@@H]1CC2C(C)(NC=O)[C@@H]3CC1C[C@@]2(C)C3. The predicted molar refractivity (Wildman–Crippen MR) is 73.0 cm³/mol. The van der Waals surface area contributed by atoms with E-state index in [4.69, 9.17) is 0 Å². The van der Waals surface area contributed by atoms with E-state index < -0.39 is 0 Å². The van der Waals surface area contributed by atoms with Crippen molar-refractivity contribution in [1.82, 2.24) is 5.32 Å². The first-order valence-corrected chi connectivity index (χ1v) is 7.62. The number of amides is 1. The second-order valence-corrected chi connectivity index (χ2v) is 8.00. The molecular weight excluding hydrogens is 222 g/mol. The first-order valence-electron chi connectivity index (χ1n) is 7.62. The molecule has 2 heteroatoms. The van der Waals surface area contributed by atoms with Gasteiger partial charge in [0.25, 0.3) is 0 Å². The average Bonchev–Trinajstić information content (AvgIpc) is 2.36. The highest BCUT2D eigenvalue weighted by molar-refractivity contribution is 5.49. The van der Waals surface area contributed by atoms with Gasteiger partial charge in [-0.05, 0) is 67.6 Å². The molecule has 0 radical (unpaired) electrons. The molecule has 3 aliphatic rings. The van der Waals surface area contributed by atoms with Gasteiger partial charge < -0.3 is 5.32 Å². The summed E-state index contributed by atoms with van der Waals surface area (Å²) >= 11 is 0. The van der Waals surface area contributed by atoms with Gasteiger partial charge in [0.2, 0.25) is 6.41 Å². The van der Waals surface area contributed by atoms with Gasteiger partial charge in [0.1, 0.15) is 0 Å². The van der Waals surface area contributed by atoms with E-state index in [9.17, 15) is 4.79 Å². The fourth-order valence-corrected chi connectivity index (χ4v) is 6.01. The maximum Gasteiger partial charge on any atom is 0.207 e. The monoisotopic (exact) mass is 249 g/mol.